The molecule has 6 nitrogen and oxygen atoms in total. The SMILES string of the molecule is CS(=O)(=O)c1ccc(C(Cc2ccncc2)C(=O)Cc2nc3ccccc3o2)cc1. The number of nitrogens with zero attached hydrogens (tertiary/aromatic N) is 2. The summed E-state index contributed by atoms with van der Waals surface area (Å²) in [6.45, 7) is 0. The van der Waals surface area contributed by atoms with Gasteiger partial charge in [0.25, 0.3) is 0 Å². The standard InChI is InChI=1S/C23H20N2O4S/c1-30(27,28)18-8-6-17(7-9-18)19(14-16-10-12-24-13-11-16)21(26)15-23-25-20-4-2-3-5-22(20)29-23/h2-13,19H,14-15H2,1H3. The van der Waals surface area contributed by atoms with Gasteiger partial charge < -0.3 is 4.42 Å². The summed E-state index contributed by atoms with van der Waals surface area (Å²) in [7, 11) is -3.31. The fourth-order valence-corrected chi connectivity index (χ4v) is 4.02. The number of aromatic nitrogens is 2. The Morgan fingerprint density at radius 1 is 1.00 bits per heavy atom. The summed E-state index contributed by atoms with van der Waals surface area (Å²) in [5.41, 5.74) is 3.07. The maximum Gasteiger partial charge on any atom is 0.202 e. The molecule has 0 radical (unpaired) electrons. The van der Waals surface area contributed by atoms with Crippen LogP contribution in [0, 0.1) is 0 Å². The molecule has 0 aliphatic carbocycles. The third-order valence-corrected chi connectivity index (χ3v) is 6.08. The van der Waals surface area contributed by atoms with Gasteiger partial charge in [-0.3, -0.25) is 9.78 Å². The third-order valence-electron chi connectivity index (χ3n) is 4.95. The van der Waals surface area contributed by atoms with Crippen molar-refractivity contribution < 1.29 is 17.6 Å². The number of ketones is 1. The topological polar surface area (TPSA) is 90.1 Å². The van der Waals surface area contributed by atoms with Gasteiger partial charge >= 0.3 is 0 Å². The predicted octanol–water partition coefficient (Wildman–Crippen LogP) is 3.76. The van der Waals surface area contributed by atoms with Crippen LogP contribution in [0.25, 0.3) is 11.1 Å². The van der Waals surface area contributed by atoms with Crippen LogP contribution < -0.4 is 0 Å². The first kappa shape index (κ1) is 20.0. The Kier molecular flexibility index (Phi) is 5.46. The van der Waals surface area contributed by atoms with Crippen LogP contribution in [0.15, 0.2) is 82.4 Å². The fourth-order valence-electron chi connectivity index (χ4n) is 3.39. The van der Waals surface area contributed by atoms with Crippen molar-refractivity contribution in [3.05, 3.63) is 90.1 Å². The molecule has 2 aromatic carbocycles. The van der Waals surface area contributed by atoms with Crippen molar-refractivity contribution >= 4 is 26.7 Å². The number of sulfone groups is 1. The molecule has 1 unspecified atom stereocenters. The summed E-state index contributed by atoms with van der Waals surface area (Å²) in [6, 6.07) is 17.6. The van der Waals surface area contributed by atoms with Crippen LogP contribution >= 0.6 is 0 Å². The van der Waals surface area contributed by atoms with Crippen molar-refractivity contribution in [1.29, 1.82) is 0 Å². The van der Waals surface area contributed by atoms with Crippen LogP contribution in [0.1, 0.15) is 22.9 Å². The molecule has 0 N–H and O–H groups in total. The lowest BCUT2D eigenvalue weighted by atomic mass is 9.87. The molecule has 4 rings (SSSR count). The molecule has 2 heterocycles. The van der Waals surface area contributed by atoms with Crippen molar-refractivity contribution in [2.24, 2.45) is 0 Å². The molecule has 152 valence electrons. The van der Waals surface area contributed by atoms with Crippen molar-refractivity contribution in [1.82, 2.24) is 9.97 Å². The maximum atomic E-state index is 13.2. The highest BCUT2D eigenvalue weighted by Crippen LogP contribution is 2.26. The van der Waals surface area contributed by atoms with Crippen molar-refractivity contribution in [2.45, 2.75) is 23.7 Å². The molecule has 0 spiro atoms. The number of hydrogen-bond donors (Lipinski definition) is 0. The minimum Gasteiger partial charge on any atom is -0.440 e. The number of fused-ring (bicyclic) bond motifs is 1. The summed E-state index contributed by atoms with van der Waals surface area (Å²) in [5.74, 6) is -0.143. The zero-order chi connectivity index (χ0) is 21.1. The van der Waals surface area contributed by atoms with Crippen LogP contribution in [-0.2, 0) is 27.5 Å². The minimum absolute atomic E-state index is 0.0505. The second-order valence-electron chi connectivity index (χ2n) is 7.17. The molecule has 4 aromatic rings. The van der Waals surface area contributed by atoms with E-state index in [0.717, 1.165) is 17.4 Å². The highest BCUT2D eigenvalue weighted by atomic mass is 32.2. The average Bonchev–Trinajstić information content (AvgIpc) is 3.14. The zero-order valence-corrected chi connectivity index (χ0v) is 17.2. The molecule has 2 aromatic heterocycles. The van der Waals surface area contributed by atoms with Crippen LogP contribution in [0.2, 0.25) is 0 Å². The Labute approximate surface area is 174 Å². The van der Waals surface area contributed by atoms with Gasteiger partial charge in [-0.25, -0.2) is 13.4 Å². The summed E-state index contributed by atoms with van der Waals surface area (Å²) in [5, 5.41) is 0. The molecule has 0 aliphatic heterocycles. The number of carbonyl (C=O) groups is 1. The van der Waals surface area contributed by atoms with Gasteiger partial charge in [-0.2, -0.15) is 0 Å². The van der Waals surface area contributed by atoms with Gasteiger partial charge in [0.05, 0.1) is 11.3 Å². The lowest BCUT2D eigenvalue weighted by Crippen LogP contribution is -2.18. The van der Waals surface area contributed by atoms with E-state index >= 15 is 0 Å². The Bertz CT molecular complexity index is 1250. The smallest absolute Gasteiger partial charge is 0.202 e. The van der Waals surface area contributed by atoms with E-state index in [1.807, 2.05) is 36.4 Å². The second kappa shape index (κ2) is 8.20. The number of para-hydroxylation sites is 2. The Balaban J connectivity index is 1.64. The number of hydrogen-bond acceptors (Lipinski definition) is 6. The Hall–Kier alpha value is -3.32. The first-order valence-corrected chi connectivity index (χ1v) is 11.4. The first-order valence-electron chi connectivity index (χ1n) is 9.46. The quantitative estimate of drug-likeness (QED) is 0.452. The summed E-state index contributed by atoms with van der Waals surface area (Å²) >= 11 is 0. The van der Waals surface area contributed by atoms with E-state index in [0.29, 0.717) is 23.4 Å². The largest absolute Gasteiger partial charge is 0.440 e. The highest BCUT2D eigenvalue weighted by Gasteiger charge is 2.24. The van der Waals surface area contributed by atoms with Gasteiger partial charge in [-0.15, -0.1) is 0 Å². The number of benzene rings is 2. The molecule has 7 heteroatoms. The van der Waals surface area contributed by atoms with Gasteiger partial charge in [0.15, 0.2) is 15.4 Å². The Morgan fingerprint density at radius 2 is 1.70 bits per heavy atom. The van der Waals surface area contributed by atoms with Gasteiger partial charge in [-0.05, 0) is 53.9 Å². The van der Waals surface area contributed by atoms with Gasteiger partial charge in [0, 0.05) is 24.6 Å². The lowest BCUT2D eigenvalue weighted by Gasteiger charge is -2.16. The van der Waals surface area contributed by atoms with E-state index in [-0.39, 0.29) is 17.1 Å². The predicted molar refractivity (Wildman–Crippen MR) is 113 cm³/mol. The lowest BCUT2D eigenvalue weighted by molar-refractivity contribution is -0.120. The number of Topliss-reactive ketones (excluding diaryl/α,β-unsaturated/α-hetero) is 1. The zero-order valence-electron chi connectivity index (χ0n) is 16.4. The van der Waals surface area contributed by atoms with Gasteiger partial charge in [0.2, 0.25) is 5.89 Å². The summed E-state index contributed by atoms with van der Waals surface area (Å²) in [6.07, 6.45) is 5.06. The van der Waals surface area contributed by atoms with Gasteiger partial charge in [0.1, 0.15) is 11.3 Å². The normalized spacial score (nSPS) is 12.7. The van der Waals surface area contributed by atoms with E-state index < -0.39 is 15.8 Å². The van der Waals surface area contributed by atoms with E-state index in [2.05, 4.69) is 9.97 Å². The minimum atomic E-state index is -3.31. The van der Waals surface area contributed by atoms with E-state index in [1.54, 1.807) is 24.5 Å². The molecular weight excluding hydrogens is 400 g/mol. The highest BCUT2D eigenvalue weighted by molar-refractivity contribution is 7.90. The molecule has 1 atom stereocenters. The van der Waals surface area contributed by atoms with Crippen LogP contribution in [0.4, 0.5) is 0 Å². The van der Waals surface area contributed by atoms with Crippen molar-refractivity contribution in [3.8, 4) is 0 Å². The summed E-state index contributed by atoms with van der Waals surface area (Å²) in [4.78, 5) is 21.9. The average molecular weight is 420 g/mol. The number of carbonyl (C=O) groups excluding carboxylic acids is 1. The molecule has 0 aliphatic rings. The van der Waals surface area contributed by atoms with E-state index in [4.69, 9.17) is 4.42 Å². The van der Waals surface area contributed by atoms with E-state index in [1.165, 1.54) is 12.1 Å². The number of rotatable bonds is 7. The summed E-state index contributed by atoms with van der Waals surface area (Å²) < 4.78 is 29.3. The molecule has 0 fully saturated rings. The second-order valence-corrected chi connectivity index (χ2v) is 9.19. The van der Waals surface area contributed by atoms with Gasteiger partial charge in [-0.1, -0.05) is 24.3 Å². The molecule has 0 saturated heterocycles. The van der Waals surface area contributed by atoms with Crippen molar-refractivity contribution in [2.75, 3.05) is 6.26 Å². The van der Waals surface area contributed by atoms with Crippen LogP contribution in [0.3, 0.4) is 0 Å². The van der Waals surface area contributed by atoms with E-state index in [9.17, 15) is 13.2 Å². The van der Waals surface area contributed by atoms with Crippen LogP contribution in [0.5, 0.6) is 0 Å². The monoisotopic (exact) mass is 420 g/mol. The third kappa shape index (κ3) is 4.46. The molecule has 0 saturated carbocycles. The molecule has 0 bridgehead atoms. The molecule has 0 amide bonds. The molecule has 30 heavy (non-hydrogen) atoms. The van der Waals surface area contributed by atoms with Crippen molar-refractivity contribution in [3.63, 3.8) is 0 Å². The number of oxazole rings is 1. The molecular formula is C23H20N2O4S. The maximum absolute atomic E-state index is 13.2. The Morgan fingerprint density at radius 3 is 2.37 bits per heavy atom. The first-order chi connectivity index (χ1) is 14.4. The fraction of sp³-hybridized carbons (Fsp3) is 0.174. The number of pyridine rings is 1. The van der Waals surface area contributed by atoms with Crippen LogP contribution in [-0.4, -0.2) is 30.4 Å².